The van der Waals surface area contributed by atoms with E-state index in [2.05, 4.69) is 80.3 Å². The summed E-state index contributed by atoms with van der Waals surface area (Å²) in [6, 6.07) is 0. The second-order valence-corrected chi connectivity index (χ2v) is 20.4. The van der Waals surface area contributed by atoms with Crippen LogP contribution >= 0.6 is 0 Å². The first-order valence-electron chi connectivity index (χ1n) is 10.3. The Balaban J connectivity index is 4.37. The summed E-state index contributed by atoms with van der Waals surface area (Å²) in [4.78, 5) is 0. The van der Waals surface area contributed by atoms with Crippen LogP contribution in [0, 0.1) is 0 Å². The Kier molecular flexibility index (Phi) is 11.0. The fourth-order valence-corrected chi connectivity index (χ4v) is 11.8. The van der Waals surface area contributed by atoms with Gasteiger partial charge in [-0.15, -0.1) is 0 Å². The van der Waals surface area contributed by atoms with Crippen molar-refractivity contribution in [3.63, 3.8) is 0 Å². The highest BCUT2D eigenvalue weighted by molar-refractivity contribution is 6.78. The first-order chi connectivity index (χ1) is 11.0. The molecule has 1 atom stereocenters. The molecule has 0 aliphatic rings. The van der Waals surface area contributed by atoms with Crippen molar-refractivity contribution >= 4 is 16.4 Å². The maximum atomic E-state index is 6.67. The molecule has 0 aromatic carbocycles. The number of rotatable bonds is 12. The van der Waals surface area contributed by atoms with Gasteiger partial charge >= 0.3 is 0 Å². The van der Waals surface area contributed by atoms with E-state index in [1.54, 1.807) is 0 Å². The summed E-state index contributed by atoms with van der Waals surface area (Å²) in [5.41, 5.74) is 2.93. The molecule has 1 nitrogen and oxygen atoms in total. The molecule has 0 aromatic heterocycles. The zero-order valence-electron chi connectivity index (χ0n) is 18.4. The van der Waals surface area contributed by atoms with Gasteiger partial charge in [-0.3, -0.25) is 0 Å². The van der Waals surface area contributed by atoms with E-state index in [9.17, 15) is 0 Å². The quantitative estimate of drug-likeness (QED) is 0.192. The van der Waals surface area contributed by atoms with Gasteiger partial charge in [0.2, 0.25) is 0 Å². The lowest BCUT2D eigenvalue weighted by Crippen LogP contribution is -2.47. The van der Waals surface area contributed by atoms with Gasteiger partial charge in [0.15, 0.2) is 8.32 Å². The molecule has 1 unspecified atom stereocenters. The molecular formula is C21H46OSi2. The summed E-state index contributed by atoms with van der Waals surface area (Å²) in [6.07, 6.45) is 9.96. The van der Waals surface area contributed by atoms with Crippen LogP contribution in [0.2, 0.25) is 41.8 Å². The van der Waals surface area contributed by atoms with E-state index in [-0.39, 0.29) is 0 Å². The highest BCUT2D eigenvalue weighted by atomic mass is 28.4. The van der Waals surface area contributed by atoms with E-state index in [0.717, 1.165) is 12.1 Å². The van der Waals surface area contributed by atoms with Crippen LogP contribution < -0.4 is 0 Å². The monoisotopic (exact) mass is 370 g/mol. The van der Waals surface area contributed by atoms with Crippen molar-refractivity contribution in [2.24, 2.45) is 0 Å². The summed E-state index contributed by atoms with van der Waals surface area (Å²) >= 11 is 0. The normalized spacial score (nSPS) is 15.2. The van der Waals surface area contributed by atoms with Crippen molar-refractivity contribution in [2.45, 2.75) is 116 Å². The van der Waals surface area contributed by atoms with Gasteiger partial charge in [0.05, 0.1) is 8.07 Å². The fraction of sp³-hybridized carbons (Fsp3) is 0.905. The van der Waals surface area contributed by atoms with Gasteiger partial charge < -0.3 is 4.43 Å². The van der Waals surface area contributed by atoms with Gasteiger partial charge in [-0.1, -0.05) is 86.2 Å². The van der Waals surface area contributed by atoms with E-state index >= 15 is 0 Å². The number of hydrogen-bond acceptors (Lipinski definition) is 1. The average molecular weight is 371 g/mol. The van der Waals surface area contributed by atoms with Crippen molar-refractivity contribution in [3.8, 4) is 0 Å². The molecule has 0 heterocycles. The third kappa shape index (κ3) is 7.17. The predicted octanol–water partition coefficient (Wildman–Crippen LogP) is 8.02. The van der Waals surface area contributed by atoms with E-state index in [1.807, 2.05) is 0 Å². The molecule has 0 bridgehead atoms. The molecule has 0 fully saturated rings. The van der Waals surface area contributed by atoms with Gasteiger partial charge in [-0.2, -0.15) is 0 Å². The Bertz CT molecular complexity index is 332. The molecule has 0 saturated carbocycles. The minimum absolute atomic E-state index is 0.698. The van der Waals surface area contributed by atoms with Gasteiger partial charge in [-0.25, -0.2) is 0 Å². The van der Waals surface area contributed by atoms with Gasteiger partial charge in [0.25, 0.3) is 0 Å². The van der Waals surface area contributed by atoms with Crippen molar-refractivity contribution in [3.05, 3.63) is 12.2 Å². The number of unbranched alkanes of at least 4 members (excludes halogenated alkanes) is 2. The minimum atomic E-state index is -1.66. The standard InChI is InChI=1S/C21H46OSi2/c1-11-15-21(23(8,9)10)16-13-12-14-17-22-24(18(2)3,19(4)5)20(6)7/h11,15,18-21H,12-14,16-17H2,1-10H3/b15-11+. The largest absolute Gasteiger partial charge is 0.416 e. The molecule has 0 spiro atoms. The lowest BCUT2D eigenvalue weighted by atomic mass is 10.1. The highest BCUT2D eigenvalue weighted by Gasteiger charge is 2.44. The SMILES string of the molecule is C/C=C/C(CCCCCO[Si](C(C)C)(C(C)C)C(C)C)[Si](C)(C)C. The van der Waals surface area contributed by atoms with Gasteiger partial charge in [0, 0.05) is 6.61 Å². The van der Waals surface area contributed by atoms with Crippen LogP contribution in [0.15, 0.2) is 12.2 Å². The lowest BCUT2D eigenvalue weighted by Gasteiger charge is -2.42. The molecule has 3 heteroatoms. The smallest absolute Gasteiger partial charge is 0.200 e. The molecule has 0 N–H and O–H groups in total. The second-order valence-electron chi connectivity index (χ2n) is 9.51. The summed E-state index contributed by atoms with van der Waals surface area (Å²) in [5.74, 6) is 0. The summed E-state index contributed by atoms with van der Waals surface area (Å²) in [7, 11) is -2.72. The molecule has 0 saturated heterocycles. The minimum Gasteiger partial charge on any atom is -0.416 e. The predicted molar refractivity (Wildman–Crippen MR) is 117 cm³/mol. The maximum Gasteiger partial charge on any atom is 0.200 e. The summed E-state index contributed by atoms with van der Waals surface area (Å²) < 4.78 is 6.67. The Morgan fingerprint density at radius 2 is 1.29 bits per heavy atom. The zero-order valence-corrected chi connectivity index (χ0v) is 20.4. The van der Waals surface area contributed by atoms with Crippen LogP contribution in [0.25, 0.3) is 0 Å². The number of allylic oxidation sites excluding steroid dienone is 2. The molecule has 0 aliphatic heterocycles. The topological polar surface area (TPSA) is 9.23 Å². The summed E-state index contributed by atoms with van der Waals surface area (Å²) in [5, 5.41) is 0. The Morgan fingerprint density at radius 1 is 0.792 bits per heavy atom. The number of hydrogen-bond donors (Lipinski definition) is 0. The van der Waals surface area contributed by atoms with E-state index in [4.69, 9.17) is 4.43 Å². The fourth-order valence-electron chi connectivity index (χ4n) is 4.44. The third-order valence-corrected chi connectivity index (χ3v) is 14.6. The zero-order chi connectivity index (χ0) is 19.0. The van der Waals surface area contributed by atoms with Crippen LogP contribution in [0.5, 0.6) is 0 Å². The molecule has 0 aromatic rings. The van der Waals surface area contributed by atoms with E-state index in [1.165, 1.54) is 25.7 Å². The molecule has 0 aliphatic carbocycles. The molecule has 0 rings (SSSR count). The van der Waals surface area contributed by atoms with Gasteiger partial charge in [-0.05, 0) is 41.9 Å². The Morgan fingerprint density at radius 3 is 1.67 bits per heavy atom. The van der Waals surface area contributed by atoms with Crippen LogP contribution in [0.3, 0.4) is 0 Å². The van der Waals surface area contributed by atoms with Crippen LogP contribution in [0.4, 0.5) is 0 Å². The first-order valence-corrected chi connectivity index (χ1v) is 16.0. The van der Waals surface area contributed by atoms with Crippen molar-refractivity contribution < 1.29 is 4.43 Å². The molecule has 24 heavy (non-hydrogen) atoms. The maximum absolute atomic E-state index is 6.67. The Labute approximate surface area is 155 Å². The van der Waals surface area contributed by atoms with Crippen molar-refractivity contribution in [1.29, 1.82) is 0 Å². The van der Waals surface area contributed by atoms with Crippen LogP contribution in [-0.2, 0) is 4.43 Å². The highest BCUT2D eigenvalue weighted by Crippen LogP contribution is 2.42. The molecule has 0 radical (unpaired) electrons. The van der Waals surface area contributed by atoms with E-state index < -0.39 is 16.4 Å². The van der Waals surface area contributed by atoms with Crippen LogP contribution in [0.1, 0.15) is 74.1 Å². The Hall–Kier alpha value is 0.134. The van der Waals surface area contributed by atoms with Crippen molar-refractivity contribution in [1.82, 2.24) is 0 Å². The lowest BCUT2D eigenvalue weighted by molar-refractivity contribution is 0.268. The first kappa shape index (κ1) is 24.1. The molecule has 0 amide bonds. The van der Waals surface area contributed by atoms with Gasteiger partial charge in [0.1, 0.15) is 0 Å². The molecular weight excluding hydrogens is 324 g/mol. The second kappa shape index (κ2) is 11.0. The average Bonchev–Trinajstić information content (AvgIpc) is 2.42. The third-order valence-electron chi connectivity index (χ3n) is 5.76. The van der Waals surface area contributed by atoms with Crippen molar-refractivity contribution in [2.75, 3.05) is 6.61 Å². The van der Waals surface area contributed by atoms with E-state index in [0.29, 0.717) is 16.6 Å². The molecule has 144 valence electrons. The van der Waals surface area contributed by atoms with Crippen LogP contribution in [-0.4, -0.2) is 23.0 Å². The summed E-state index contributed by atoms with van der Waals surface area (Å²) in [6.45, 7) is 24.9.